The number of nitro groups is 1. The average molecular weight is 362 g/mol. The summed E-state index contributed by atoms with van der Waals surface area (Å²) in [6.45, 7) is 1.36. The Hall–Kier alpha value is -2.97. The molecule has 3 atom stereocenters. The zero-order valence-corrected chi connectivity index (χ0v) is 14.1. The molecule has 0 radical (unpaired) electrons. The van der Waals surface area contributed by atoms with Crippen molar-refractivity contribution >= 4 is 11.8 Å². The zero-order valence-electron chi connectivity index (χ0n) is 14.1. The Bertz CT molecular complexity index is 796. The maximum atomic E-state index is 12.1. The summed E-state index contributed by atoms with van der Waals surface area (Å²) >= 11 is 0. The minimum Gasteiger partial charge on any atom is -0.461 e. The van der Waals surface area contributed by atoms with Crippen LogP contribution in [0.4, 0.5) is 0 Å². The highest BCUT2D eigenvalue weighted by Crippen LogP contribution is 2.36. The molecule has 1 saturated carbocycles. The molecule has 2 aromatic heterocycles. The Kier molecular flexibility index (Phi) is 5.15. The van der Waals surface area contributed by atoms with Crippen molar-refractivity contribution < 1.29 is 28.2 Å². The maximum absolute atomic E-state index is 12.1. The average Bonchev–Trinajstić information content (AvgIpc) is 3.29. The molecule has 0 unspecified atom stereocenters. The van der Waals surface area contributed by atoms with Crippen molar-refractivity contribution in [3.63, 3.8) is 0 Å². The molecular formula is C17H18N2O7. The topological polar surface area (TPSA) is 126 Å². The van der Waals surface area contributed by atoms with Crippen LogP contribution >= 0.6 is 0 Å². The first-order valence-electron chi connectivity index (χ1n) is 8.23. The third kappa shape index (κ3) is 3.98. The van der Waals surface area contributed by atoms with Crippen molar-refractivity contribution in [3.05, 3.63) is 40.3 Å². The van der Waals surface area contributed by atoms with Gasteiger partial charge < -0.3 is 13.7 Å². The smallest absolute Gasteiger partial charge is 0.306 e. The minimum atomic E-state index is -0.668. The number of rotatable bonds is 7. The Morgan fingerprint density at radius 3 is 2.96 bits per heavy atom. The van der Waals surface area contributed by atoms with Crippen LogP contribution < -0.4 is 0 Å². The first-order valence-corrected chi connectivity index (χ1v) is 8.23. The molecule has 0 spiro atoms. The highest BCUT2D eigenvalue weighted by molar-refractivity contribution is 5.87. The zero-order chi connectivity index (χ0) is 18.7. The van der Waals surface area contributed by atoms with Crippen molar-refractivity contribution in [2.24, 2.45) is 17.8 Å². The molecular weight excluding hydrogens is 344 g/mol. The molecule has 2 aromatic rings. The van der Waals surface area contributed by atoms with Crippen molar-refractivity contribution in [1.29, 1.82) is 0 Å². The van der Waals surface area contributed by atoms with E-state index in [1.54, 1.807) is 25.1 Å². The largest absolute Gasteiger partial charge is 0.461 e. The lowest BCUT2D eigenvalue weighted by molar-refractivity contribution is -0.490. The third-order valence-corrected chi connectivity index (χ3v) is 4.63. The number of ether oxygens (including phenoxy) is 1. The monoisotopic (exact) mass is 362 g/mol. The fourth-order valence-corrected chi connectivity index (χ4v) is 3.31. The molecule has 138 valence electrons. The summed E-state index contributed by atoms with van der Waals surface area (Å²) in [5.74, 6) is -1.02. The van der Waals surface area contributed by atoms with E-state index >= 15 is 0 Å². The second kappa shape index (κ2) is 7.51. The highest BCUT2D eigenvalue weighted by Gasteiger charge is 2.44. The van der Waals surface area contributed by atoms with Crippen molar-refractivity contribution in [2.45, 2.75) is 26.4 Å². The van der Waals surface area contributed by atoms with Gasteiger partial charge in [-0.15, -0.1) is 0 Å². The molecule has 0 N–H and O–H groups in total. The summed E-state index contributed by atoms with van der Waals surface area (Å²) < 4.78 is 15.4. The molecule has 0 aliphatic heterocycles. The van der Waals surface area contributed by atoms with Crippen LogP contribution in [0, 0.1) is 27.9 Å². The molecule has 9 heteroatoms. The van der Waals surface area contributed by atoms with Gasteiger partial charge in [0.2, 0.25) is 12.3 Å². The molecule has 0 aromatic carbocycles. The van der Waals surface area contributed by atoms with E-state index in [0.717, 1.165) is 0 Å². The molecule has 1 fully saturated rings. The first kappa shape index (κ1) is 17.8. The Balaban J connectivity index is 1.55. The van der Waals surface area contributed by atoms with Gasteiger partial charge in [-0.2, -0.15) is 0 Å². The lowest BCUT2D eigenvalue weighted by atomic mass is 9.88. The van der Waals surface area contributed by atoms with Gasteiger partial charge in [-0.05, 0) is 18.1 Å². The predicted molar refractivity (Wildman–Crippen MR) is 86.2 cm³/mol. The van der Waals surface area contributed by atoms with E-state index in [1.807, 2.05) is 0 Å². The van der Waals surface area contributed by atoms with Gasteiger partial charge in [0.05, 0.1) is 12.7 Å². The van der Waals surface area contributed by atoms with Gasteiger partial charge in [0.25, 0.3) is 0 Å². The van der Waals surface area contributed by atoms with Gasteiger partial charge in [0, 0.05) is 29.2 Å². The van der Waals surface area contributed by atoms with E-state index in [1.165, 1.54) is 6.26 Å². The fourth-order valence-electron chi connectivity index (χ4n) is 3.31. The molecule has 1 aliphatic carbocycles. The second-order valence-electron chi connectivity index (χ2n) is 6.46. The van der Waals surface area contributed by atoms with Crippen LogP contribution in [0.2, 0.25) is 0 Å². The Labute approximate surface area is 148 Å². The molecule has 0 bridgehead atoms. The first-order chi connectivity index (χ1) is 12.4. The molecule has 2 heterocycles. The number of hydrogen-bond donors (Lipinski definition) is 0. The van der Waals surface area contributed by atoms with E-state index in [4.69, 9.17) is 13.7 Å². The van der Waals surface area contributed by atoms with Gasteiger partial charge in [-0.1, -0.05) is 12.1 Å². The molecule has 1 aliphatic rings. The predicted octanol–water partition coefficient (Wildman–Crippen LogP) is 2.49. The maximum Gasteiger partial charge on any atom is 0.306 e. The van der Waals surface area contributed by atoms with Gasteiger partial charge in [-0.25, -0.2) is 0 Å². The van der Waals surface area contributed by atoms with Crippen LogP contribution in [0.1, 0.15) is 25.5 Å². The summed E-state index contributed by atoms with van der Waals surface area (Å²) in [4.78, 5) is 34.5. The minimum absolute atomic E-state index is 0.112. The van der Waals surface area contributed by atoms with Crippen LogP contribution in [0.5, 0.6) is 0 Å². The number of furan rings is 1. The third-order valence-electron chi connectivity index (χ3n) is 4.63. The van der Waals surface area contributed by atoms with Crippen LogP contribution in [0.25, 0.3) is 11.5 Å². The van der Waals surface area contributed by atoms with Crippen LogP contribution in [-0.2, 0) is 20.9 Å². The molecule has 9 nitrogen and oxygen atoms in total. The summed E-state index contributed by atoms with van der Waals surface area (Å²) in [5, 5.41) is 14.6. The molecule has 0 saturated heterocycles. The van der Waals surface area contributed by atoms with E-state index < -0.39 is 22.7 Å². The number of nitrogens with zero attached hydrogens (tertiary/aromatic N) is 2. The van der Waals surface area contributed by atoms with Crippen LogP contribution in [0.3, 0.4) is 0 Å². The van der Waals surface area contributed by atoms with Crippen LogP contribution in [-0.4, -0.2) is 28.4 Å². The van der Waals surface area contributed by atoms with Crippen molar-refractivity contribution in [2.75, 3.05) is 6.54 Å². The Morgan fingerprint density at radius 1 is 1.46 bits per heavy atom. The van der Waals surface area contributed by atoms with Gasteiger partial charge >= 0.3 is 5.97 Å². The quantitative estimate of drug-likeness (QED) is 0.418. The number of ketones is 1. The van der Waals surface area contributed by atoms with Gasteiger partial charge in [-0.3, -0.25) is 19.7 Å². The van der Waals surface area contributed by atoms with Crippen molar-refractivity contribution in [1.82, 2.24) is 5.16 Å². The van der Waals surface area contributed by atoms with E-state index in [2.05, 4.69) is 5.16 Å². The number of hydrogen-bond acceptors (Lipinski definition) is 8. The van der Waals surface area contributed by atoms with Gasteiger partial charge in [0.15, 0.2) is 5.76 Å². The second-order valence-corrected chi connectivity index (χ2v) is 6.46. The van der Waals surface area contributed by atoms with E-state index in [-0.39, 0.29) is 37.7 Å². The van der Waals surface area contributed by atoms with Crippen molar-refractivity contribution in [3.8, 4) is 11.5 Å². The highest BCUT2D eigenvalue weighted by atomic mass is 16.6. The fraction of sp³-hybridized carbons (Fsp3) is 0.471. The van der Waals surface area contributed by atoms with Gasteiger partial charge in [0.1, 0.15) is 18.1 Å². The number of Topliss-reactive ketones (excluding diaryl/α,β-unsaturated/α-hetero) is 1. The molecule has 3 rings (SSSR count). The standard InChI is InChI=1S/C17H18N2O7/c1-10-5-14(20)12(13(10)8-19(22)23)7-17(21)25-9-11-6-16(26-18-11)15-3-2-4-24-15/h2-4,6,10,12-13H,5,7-9H2,1H3/t10-,12+,13-/m1/s1. The lowest BCUT2D eigenvalue weighted by Gasteiger charge is -2.16. The molecule has 26 heavy (non-hydrogen) atoms. The number of carbonyl (C=O) groups excluding carboxylic acids is 2. The number of esters is 1. The lowest BCUT2D eigenvalue weighted by Crippen LogP contribution is -2.27. The van der Waals surface area contributed by atoms with E-state index in [9.17, 15) is 19.7 Å². The number of aromatic nitrogens is 1. The van der Waals surface area contributed by atoms with Crippen LogP contribution in [0.15, 0.2) is 33.4 Å². The summed E-state index contributed by atoms with van der Waals surface area (Å²) in [5.41, 5.74) is 0.401. The summed E-state index contributed by atoms with van der Waals surface area (Å²) in [6, 6.07) is 5.00. The Morgan fingerprint density at radius 2 is 2.27 bits per heavy atom. The SMILES string of the molecule is C[C@@H]1CC(=O)[C@@H](CC(=O)OCc2cc(-c3ccco3)on2)[C@@H]1C[N+](=O)[O-]. The number of carbonyl (C=O) groups is 2. The van der Waals surface area contributed by atoms with E-state index in [0.29, 0.717) is 17.2 Å². The summed E-state index contributed by atoms with van der Waals surface area (Å²) in [6.07, 6.45) is 1.59. The summed E-state index contributed by atoms with van der Waals surface area (Å²) in [7, 11) is 0. The normalized spacial score (nSPS) is 22.5. The molecule has 0 amide bonds.